The van der Waals surface area contributed by atoms with Crippen LogP contribution in [-0.4, -0.2) is 10.4 Å². The molecule has 1 aliphatic rings. The van der Waals surface area contributed by atoms with Crippen LogP contribution in [0.15, 0.2) is 34.9 Å². The maximum atomic E-state index is 12.2. The average molecular weight is 353 g/mol. The third kappa shape index (κ3) is 2.23. The van der Waals surface area contributed by atoms with Crippen LogP contribution in [-0.2, 0) is 6.42 Å². The monoisotopic (exact) mass is 351 g/mol. The highest BCUT2D eigenvalue weighted by Gasteiger charge is 2.33. The molecule has 0 aliphatic heterocycles. The van der Waals surface area contributed by atoms with Crippen molar-refractivity contribution in [2.45, 2.75) is 26.7 Å². The number of halogens is 2. The van der Waals surface area contributed by atoms with E-state index in [-0.39, 0.29) is 11.2 Å². The van der Waals surface area contributed by atoms with Crippen LogP contribution in [0.3, 0.4) is 0 Å². The molecule has 0 fully saturated rings. The highest BCUT2D eigenvalue weighted by molar-refractivity contribution is 9.10. The largest absolute Gasteiger partial charge is 0.319 e. The van der Waals surface area contributed by atoms with Crippen LogP contribution in [0.5, 0.6) is 0 Å². The van der Waals surface area contributed by atoms with Gasteiger partial charge < -0.3 is 4.57 Å². The Bertz CT molecular complexity index is 702. The third-order valence-corrected chi connectivity index (χ3v) is 5.14. The maximum absolute atomic E-state index is 12.2. The van der Waals surface area contributed by atoms with Crippen LogP contribution < -0.4 is 0 Å². The molecule has 4 heteroatoms. The van der Waals surface area contributed by atoms with Crippen LogP contribution in [0.2, 0.25) is 5.02 Å². The Morgan fingerprint density at radius 1 is 1.25 bits per heavy atom. The maximum Gasteiger partial charge on any atom is 0.165 e. The van der Waals surface area contributed by atoms with Crippen molar-refractivity contribution in [1.29, 1.82) is 0 Å². The first kappa shape index (κ1) is 13.9. The Hall–Kier alpha value is -1.06. The zero-order valence-electron chi connectivity index (χ0n) is 11.4. The lowest BCUT2D eigenvalue weighted by atomic mass is 9.76. The number of Topliss-reactive ketones (excluding diaryl/α,β-unsaturated/α-hetero) is 1. The molecule has 0 amide bonds. The summed E-state index contributed by atoms with van der Waals surface area (Å²) in [6, 6.07) is 7.69. The van der Waals surface area contributed by atoms with E-state index in [0.717, 1.165) is 27.8 Å². The van der Waals surface area contributed by atoms with Gasteiger partial charge in [0.05, 0.1) is 15.2 Å². The fourth-order valence-corrected chi connectivity index (χ4v) is 3.47. The molecule has 1 aromatic carbocycles. The summed E-state index contributed by atoms with van der Waals surface area (Å²) in [4.78, 5) is 12.2. The summed E-state index contributed by atoms with van der Waals surface area (Å²) in [6.07, 6.45) is 3.46. The molecular weight excluding hydrogens is 338 g/mol. The van der Waals surface area contributed by atoms with E-state index in [0.29, 0.717) is 11.4 Å². The smallest absolute Gasteiger partial charge is 0.165 e. The summed E-state index contributed by atoms with van der Waals surface area (Å²) >= 11 is 9.71. The van der Waals surface area contributed by atoms with Crippen LogP contribution in [0.25, 0.3) is 5.69 Å². The number of benzene rings is 1. The first-order valence-corrected chi connectivity index (χ1v) is 7.74. The molecule has 3 rings (SSSR count). The number of hydrogen-bond acceptors (Lipinski definition) is 1. The molecule has 2 nitrogen and oxygen atoms in total. The van der Waals surface area contributed by atoms with Crippen LogP contribution in [0.1, 0.15) is 36.3 Å². The van der Waals surface area contributed by atoms with Crippen LogP contribution in [0.4, 0.5) is 0 Å². The Morgan fingerprint density at radius 3 is 2.75 bits per heavy atom. The second-order valence-corrected chi connectivity index (χ2v) is 7.26. The molecule has 0 unspecified atom stereocenters. The second-order valence-electron chi connectivity index (χ2n) is 6.06. The molecule has 0 saturated carbocycles. The summed E-state index contributed by atoms with van der Waals surface area (Å²) in [6.45, 7) is 4.27. The Kier molecular flexibility index (Phi) is 3.30. The summed E-state index contributed by atoms with van der Waals surface area (Å²) in [5.74, 6) is 0.230. The van der Waals surface area contributed by atoms with Gasteiger partial charge in [-0.1, -0.05) is 31.5 Å². The van der Waals surface area contributed by atoms with Gasteiger partial charge in [-0.05, 0) is 46.0 Å². The molecule has 0 atom stereocenters. The minimum absolute atomic E-state index is 0.00520. The van der Waals surface area contributed by atoms with Gasteiger partial charge in [-0.15, -0.1) is 0 Å². The van der Waals surface area contributed by atoms with Crippen LogP contribution >= 0.6 is 27.5 Å². The predicted molar refractivity (Wildman–Crippen MR) is 84.9 cm³/mol. The topological polar surface area (TPSA) is 22.0 Å². The van der Waals surface area contributed by atoms with Gasteiger partial charge in [0.1, 0.15) is 0 Å². The van der Waals surface area contributed by atoms with Crippen molar-refractivity contribution in [1.82, 2.24) is 4.57 Å². The lowest BCUT2D eigenvalue weighted by Crippen LogP contribution is -2.27. The summed E-state index contributed by atoms with van der Waals surface area (Å²) in [5.41, 5.74) is 2.90. The predicted octanol–water partition coefficient (Wildman–Crippen LogP) is 5.05. The van der Waals surface area contributed by atoms with E-state index < -0.39 is 0 Å². The van der Waals surface area contributed by atoms with Crippen molar-refractivity contribution in [2.75, 3.05) is 0 Å². The highest BCUT2D eigenvalue weighted by Crippen LogP contribution is 2.38. The molecule has 0 radical (unpaired) electrons. The zero-order chi connectivity index (χ0) is 14.5. The number of fused-ring (bicyclic) bond motifs is 1. The number of rotatable bonds is 1. The van der Waals surface area contributed by atoms with Crippen molar-refractivity contribution < 1.29 is 4.79 Å². The van der Waals surface area contributed by atoms with E-state index in [1.54, 1.807) is 0 Å². The highest BCUT2D eigenvalue weighted by atomic mass is 79.9. The number of aromatic nitrogens is 1. The zero-order valence-corrected chi connectivity index (χ0v) is 13.8. The Balaban J connectivity index is 2.19. The third-order valence-electron chi connectivity index (χ3n) is 3.77. The minimum atomic E-state index is 0.00520. The fourth-order valence-electron chi connectivity index (χ4n) is 2.85. The number of carbonyl (C=O) groups excluding carboxylic acids is 1. The molecule has 20 heavy (non-hydrogen) atoms. The summed E-state index contributed by atoms with van der Waals surface area (Å²) in [5, 5.41) is 0.673. The summed E-state index contributed by atoms with van der Waals surface area (Å²) in [7, 11) is 0. The van der Waals surface area contributed by atoms with E-state index in [1.165, 1.54) is 0 Å². The second kappa shape index (κ2) is 4.74. The molecule has 104 valence electrons. The molecule has 0 N–H and O–H groups in total. The molecular formula is C16H15BrClNO. The molecule has 1 aromatic heterocycles. The van der Waals surface area contributed by atoms with E-state index in [1.807, 2.05) is 30.5 Å². The molecule has 2 aromatic rings. The van der Waals surface area contributed by atoms with E-state index in [4.69, 9.17) is 11.6 Å². The number of ketones is 1. The SMILES string of the molecule is CC1(C)CC(=O)c2ccn(-c3cccc(Cl)c3Br)c2C1. The van der Waals surface area contributed by atoms with Crippen LogP contribution in [0, 0.1) is 5.41 Å². The lowest BCUT2D eigenvalue weighted by Gasteiger charge is -2.29. The fraction of sp³-hybridized carbons (Fsp3) is 0.312. The quantitative estimate of drug-likeness (QED) is 0.704. The first-order valence-electron chi connectivity index (χ1n) is 6.57. The van der Waals surface area contributed by atoms with Crippen molar-refractivity contribution >= 4 is 33.3 Å². The van der Waals surface area contributed by atoms with E-state index in [2.05, 4.69) is 34.3 Å². The Labute approximate surface area is 131 Å². The minimum Gasteiger partial charge on any atom is -0.319 e. The number of nitrogens with zero attached hydrogens (tertiary/aromatic N) is 1. The van der Waals surface area contributed by atoms with Gasteiger partial charge >= 0.3 is 0 Å². The molecule has 0 spiro atoms. The normalized spacial score (nSPS) is 17.1. The van der Waals surface area contributed by atoms with E-state index >= 15 is 0 Å². The van der Waals surface area contributed by atoms with Crippen molar-refractivity contribution in [2.24, 2.45) is 5.41 Å². The lowest BCUT2D eigenvalue weighted by molar-refractivity contribution is 0.0911. The van der Waals surface area contributed by atoms with Gasteiger partial charge in [-0.2, -0.15) is 0 Å². The standard InChI is InChI=1S/C16H15BrClNO/c1-16(2)8-13-10(14(20)9-16)6-7-19(13)12-5-3-4-11(18)15(12)17/h3-7H,8-9H2,1-2H3. The first-order chi connectivity index (χ1) is 9.39. The summed E-state index contributed by atoms with van der Waals surface area (Å²) < 4.78 is 2.93. The van der Waals surface area contributed by atoms with Gasteiger partial charge in [0.15, 0.2) is 5.78 Å². The van der Waals surface area contributed by atoms with Gasteiger partial charge in [0, 0.05) is 23.9 Å². The van der Waals surface area contributed by atoms with Gasteiger partial charge in [0.2, 0.25) is 0 Å². The van der Waals surface area contributed by atoms with Gasteiger partial charge in [-0.25, -0.2) is 0 Å². The van der Waals surface area contributed by atoms with Crippen molar-refractivity contribution in [3.05, 3.63) is 51.2 Å². The number of carbonyl (C=O) groups is 1. The molecule has 1 aliphatic carbocycles. The van der Waals surface area contributed by atoms with Crippen molar-refractivity contribution in [3.63, 3.8) is 0 Å². The van der Waals surface area contributed by atoms with E-state index in [9.17, 15) is 4.79 Å². The number of hydrogen-bond donors (Lipinski definition) is 0. The molecule has 0 saturated heterocycles. The average Bonchev–Trinajstić information content (AvgIpc) is 2.75. The van der Waals surface area contributed by atoms with Gasteiger partial charge in [0.25, 0.3) is 0 Å². The molecule has 1 heterocycles. The molecule has 0 bridgehead atoms. The van der Waals surface area contributed by atoms with Gasteiger partial charge in [-0.3, -0.25) is 4.79 Å². The Morgan fingerprint density at radius 2 is 2.00 bits per heavy atom. The van der Waals surface area contributed by atoms with Crippen molar-refractivity contribution in [3.8, 4) is 5.69 Å².